The third-order valence-electron chi connectivity index (χ3n) is 2.18. The summed E-state index contributed by atoms with van der Waals surface area (Å²) in [6.45, 7) is 3.67. The Bertz CT molecular complexity index is 346. The number of aromatic nitrogens is 2. The summed E-state index contributed by atoms with van der Waals surface area (Å²) in [6, 6.07) is 1.52. The van der Waals surface area contributed by atoms with E-state index < -0.39 is 0 Å². The maximum atomic E-state index is 11.7. The van der Waals surface area contributed by atoms with Crippen molar-refractivity contribution < 1.29 is 9.90 Å². The standard InChI is InChI=1S/C10H17N3O2/c1-4-8-5-9(13(3)12-8)10(15)11-7(2)6-14/h5,7,14H,4,6H2,1-3H3,(H,11,15)/t7-/m1/s1. The van der Waals surface area contributed by atoms with Gasteiger partial charge in [0, 0.05) is 13.1 Å². The van der Waals surface area contributed by atoms with Gasteiger partial charge in [-0.1, -0.05) is 6.92 Å². The number of nitrogens with one attached hydrogen (secondary N) is 1. The third kappa shape index (κ3) is 2.79. The average Bonchev–Trinajstić information content (AvgIpc) is 2.59. The molecule has 1 aromatic rings. The first-order valence-electron chi connectivity index (χ1n) is 5.03. The Morgan fingerprint density at radius 2 is 2.40 bits per heavy atom. The van der Waals surface area contributed by atoms with Gasteiger partial charge in [0.1, 0.15) is 5.69 Å². The fourth-order valence-corrected chi connectivity index (χ4v) is 1.26. The number of aliphatic hydroxyl groups excluding tert-OH is 1. The van der Waals surface area contributed by atoms with Crippen molar-refractivity contribution in [2.75, 3.05) is 6.61 Å². The molecule has 0 aliphatic rings. The number of aryl methyl sites for hydroxylation is 2. The lowest BCUT2D eigenvalue weighted by atomic mass is 10.3. The van der Waals surface area contributed by atoms with E-state index >= 15 is 0 Å². The first kappa shape index (κ1) is 11.7. The predicted octanol–water partition coefficient (Wildman–Crippen LogP) is 0.0931. The molecule has 0 aliphatic carbocycles. The van der Waals surface area contributed by atoms with E-state index in [2.05, 4.69) is 10.4 Å². The molecule has 0 radical (unpaired) electrons. The molecule has 0 saturated heterocycles. The summed E-state index contributed by atoms with van der Waals surface area (Å²) in [5.74, 6) is -0.203. The largest absolute Gasteiger partial charge is 0.394 e. The minimum absolute atomic E-state index is 0.0653. The number of nitrogens with zero attached hydrogens (tertiary/aromatic N) is 2. The van der Waals surface area contributed by atoms with Gasteiger partial charge in [0.2, 0.25) is 0 Å². The monoisotopic (exact) mass is 211 g/mol. The molecule has 0 aliphatic heterocycles. The Balaban J connectivity index is 2.77. The molecule has 0 unspecified atom stereocenters. The number of rotatable bonds is 4. The van der Waals surface area contributed by atoms with Gasteiger partial charge in [0.25, 0.3) is 5.91 Å². The number of amides is 1. The maximum Gasteiger partial charge on any atom is 0.269 e. The van der Waals surface area contributed by atoms with Gasteiger partial charge in [-0.2, -0.15) is 5.10 Å². The summed E-state index contributed by atoms with van der Waals surface area (Å²) in [7, 11) is 1.73. The molecule has 15 heavy (non-hydrogen) atoms. The third-order valence-corrected chi connectivity index (χ3v) is 2.18. The summed E-state index contributed by atoms with van der Waals surface area (Å²) in [4.78, 5) is 11.7. The zero-order valence-electron chi connectivity index (χ0n) is 9.32. The van der Waals surface area contributed by atoms with Crippen LogP contribution in [0.3, 0.4) is 0 Å². The molecular weight excluding hydrogens is 194 g/mol. The van der Waals surface area contributed by atoms with Gasteiger partial charge in [-0.05, 0) is 19.4 Å². The Labute approximate surface area is 89.1 Å². The average molecular weight is 211 g/mol. The van der Waals surface area contributed by atoms with Crippen molar-refractivity contribution in [3.63, 3.8) is 0 Å². The van der Waals surface area contributed by atoms with E-state index in [9.17, 15) is 4.79 Å². The summed E-state index contributed by atoms with van der Waals surface area (Å²) >= 11 is 0. The van der Waals surface area contributed by atoms with Crippen LogP contribution in [0, 0.1) is 0 Å². The molecule has 0 aromatic carbocycles. The molecule has 5 heteroatoms. The normalized spacial score (nSPS) is 12.5. The zero-order chi connectivity index (χ0) is 11.4. The van der Waals surface area contributed by atoms with E-state index in [1.54, 1.807) is 24.7 Å². The number of aliphatic hydroxyl groups is 1. The van der Waals surface area contributed by atoms with Crippen molar-refractivity contribution in [1.29, 1.82) is 0 Å². The zero-order valence-corrected chi connectivity index (χ0v) is 9.32. The van der Waals surface area contributed by atoms with Crippen molar-refractivity contribution in [3.8, 4) is 0 Å². The van der Waals surface area contributed by atoms with Crippen LogP contribution in [0.1, 0.15) is 30.0 Å². The number of hydrogen-bond donors (Lipinski definition) is 2. The highest BCUT2D eigenvalue weighted by molar-refractivity contribution is 5.92. The van der Waals surface area contributed by atoms with E-state index in [0.717, 1.165) is 12.1 Å². The molecule has 1 rings (SSSR count). The van der Waals surface area contributed by atoms with Crippen molar-refractivity contribution in [2.24, 2.45) is 7.05 Å². The minimum Gasteiger partial charge on any atom is -0.394 e. The first-order valence-corrected chi connectivity index (χ1v) is 5.03. The summed E-state index contributed by atoms with van der Waals surface area (Å²) in [5.41, 5.74) is 1.41. The lowest BCUT2D eigenvalue weighted by molar-refractivity contribution is 0.0913. The van der Waals surface area contributed by atoms with Crippen LogP contribution in [-0.2, 0) is 13.5 Å². The highest BCUT2D eigenvalue weighted by Crippen LogP contribution is 2.03. The Morgan fingerprint density at radius 3 is 2.87 bits per heavy atom. The molecule has 84 valence electrons. The van der Waals surface area contributed by atoms with Crippen LogP contribution < -0.4 is 5.32 Å². The molecule has 0 fully saturated rings. The topological polar surface area (TPSA) is 67.2 Å². The number of carbonyl (C=O) groups excluding carboxylic acids is 1. The lowest BCUT2D eigenvalue weighted by Gasteiger charge is -2.10. The van der Waals surface area contributed by atoms with Crippen molar-refractivity contribution in [3.05, 3.63) is 17.5 Å². The molecule has 1 aromatic heterocycles. The van der Waals surface area contributed by atoms with Gasteiger partial charge >= 0.3 is 0 Å². The summed E-state index contributed by atoms with van der Waals surface area (Å²) < 4.78 is 1.55. The van der Waals surface area contributed by atoms with Crippen LogP contribution in [0.2, 0.25) is 0 Å². The molecule has 0 saturated carbocycles. The molecular formula is C10H17N3O2. The maximum absolute atomic E-state index is 11.7. The van der Waals surface area contributed by atoms with Crippen LogP contribution in [0.4, 0.5) is 0 Å². The second-order valence-corrected chi connectivity index (χ2v) is 3.56. The van der Waals surface area contributed by atoms with Gasteiger partial charge in [0.05, 0.1) is 12.3 Å². The van der Waals surface area contributed by atoms with E-state index in [-0.39, 0.29) is 18.6 Å². The first-order chi connectivity index (χ1) is 7.08. The van der Waals surface area contributed by atoms with Crippen LogP contribution in [0.15, 0.2) is 6.07 Å². The molecule has 1 heterocycles. The van der Waals surface area contributed by atoms with Gasteiger partial charge in [-0.3, -0.25) is 9.48 Å². The van der Waals surface area contributed by atoms with Crippen molar-refractivity contribution >= 4 is 5.91 Å². The molecule has 1 amide bonds. The quantitative estimate of drug-likeness (QED) is 0.742. The van der Waals surface area contributed by atoms with E-state index in [4.69, 9.17) is 5.11 Å². The van der Waals surface area contributed by atoms with E-state index in [0.29, 0.717) is 5.69 Å². The van der Waals surface area contributed by atoms with Crippen LogP contribution in [-0.4, -0.2) is 33.4 Å². The Morgan fingerprint density at radius 1 is 1.73 bits per heavy atom. The highest BCUT2D eigenvalue weighted by Gasteiger charge is 2.14. The van der Waals surface area contributed by atoms with Crippen LogP contribution >= 0.6 is 0 Å². The van der Waals surface area contributed by atoms with Crippen LogP contribution in [0.25, 0.3) is 0 Å². The van der Waals surface area contributed by atoms with Gasteiger partial charge in [-0.25, -0.2) is 0 Å². The minimum atomic E-state index is -0.238. The van der Waals surface area contributed by atoms with Crippen molar-refractivity contribution in [1.82, 2.24) is 15.1 Å². The fraction of sp³-hybridized carbons (Fsp3) is 0.600. The highest BCUT2D eigenvalue weighted by atomic mass is 16.3. The molecule has 1 atom stereocenters. The number of carbonyl (C=O) groups is 1. The van der Waals surface area contributed by atoms with E-state index in [1.165, 1.54) is 0 Å². The molecule has 2 N–H and O–H groups in total. The van der Waals surface area contributed by atoms with Gasteiger partial charge in [0.15, 0.2) is 0 Å². The van der Waals surface area contributed by atoms with Gasteiger partial charge in [-0.15, -0.1) is 0 Å². The Kier molecular flexibility index (Phi) is 3.85. The van der Waals surface area contributed by atoms with Crippen LogP contribution in [0.5, 0.6) is 0 Å². The molecule has 5 nitrogen and oxygen atoms in total. The Hall–Kier alpha value is -1.36. The smallest absolute Gasteiger partial charge is 0.269 e. The summed E-state index contributed by atoms with van der Waals surface area (Å²) in [6.07, 6.45) is 0.802. The predicted molar refractivity (Wildman–Crippen MR) is 56.6 cm³/mol. The SMILES string of the molecule is CCc1cc(C(=O)N[C@H](C)CO)n(C)n1. The van der Waals surface area contributed by atoms with E-state index in [1.807, 2.05) is 6.92 Å². The summed E-state index contributed by atoms with van der Waals surface area (Å²) in [5, 5.41) is 15.7. The van der Waals surface area contributed by atoms with Crippen molar-refractivity contribution in [2.45, 2.75) is 26.3 Å². The number of hydrogen-bond acceptors (Lipinski definition) is 3. The fourth-order valence-electron chi connectivity index (χ4n) is 1.26. The second kappa shape index (κ2) is 4.93. The second-order valence-electron chi connectivity index (χ2n) is 3.56. The van der Waals surface area contributed by atoms with Gasteiger partial charge < -0.3 is 10.4 Å². The molecule has 0 bridgehead atoms. The molecule has 0 spiro atoms. The lowest BCUT2D eigenvalue weighted by Crippen LogP contribution is -2.36.